The molecule has 1 aliphatic rings. The van der Waals surface area contributed by atoms with E-state index in [0.717, 1.165) is 16.9 Å². The summed E-state index contributed by atoms with van der Waals surface area (Å²) in [6.07, 6.45) is 0. The van der Waals surface area contributed by atoms with Crippen LogP contribution in [0.25, 0.3) is 0 Å². The van der Waals surface area contributed by atoms with Gasteiger partial charge >= 0.3 is 0 Å². The average Bonchev–Trinajstić information content (AvgIpc) is 2.30. The molecule has 0 bridgehead atoms. The van der Waals surface area contributed by atoms with Crippen molar-refractivity contribution in [2.75, 3.05) is 20.3 Å². The minimum absolute atomic E-state index is 0.0185. The van der Waals surface area contributed by atoms with Crippen molar-refractivity contribution in [3.05, 3.63) is 23.3 Å². The number of aliphatic hydroxyl groups excluding tert-OH is 1. The molecule has 0 saturated carbocycles. The molecule has 0 unspecified atom stereocenters. The van der Waals surface area contributed by atoms with Gasteiger partial charge in [-0.1, -0.05) is 6.07 Å². The number of aliphatic hydroxyl groups is 1. The Balaban J connectivity index is 2.44. The standard InChI is InChI=1S/C11H14O4/c1-13-7-9-8(6-12)2-3-10-11(9)15-5-4-14-10/h2-3,12H,4-7H2,1H3. The maximum Gasteiger partial charge on any atom is 0.167 e. The van der Waals surface area contributed by atoms with Crippen LogP contribution in [-0.2, 0) is 18.0 Å². The second-order valence-corrected chi connectivity index (χ2v) is 3.32. The van der Waals surface area contributed by atoms with Gasteiger partial charge < -0.3 is 19.3 Å². The van der Waals surface area contributed by atoms with Crippen LogP contribution in [0, 0.1) is 0 Å². The number of hydrogen-bond donors (Lipinski definition) is 1. The SMILES string of the molecule is COCc1c(CO)ccc2c1OCCO2. The van der Waals surface area contributed by atoms with Crippen molar-refractivity contribution in [1.82, 2.24) is 0 Å². The summed E-state index contributed by atoms with van der Waals surface area (Å²) >= 11 is 0. The highest BCUT2D eigenvalue weighted by Crippen LogP contribution is 2.36. The van der Waals surface area contributed by atoms with Crippen molar-refractivity contribution in [2.45, 2.75) is 13.2 Å². The molecular weight excluding hydrogens is 196 g/mol. The Labute approximate surface area is 88.4 Å². The van der Waals surface area contributed by atoms with Crippen molar-refractivity contribution >= 4 is 0 Å². The zero-order valence-electron chi connectivity index (χ0n) is 8.66. The Morgan fingerprint density at radius 2 is 2.13 bits per heavy atom. The summed E-state index contributed by atoms with van der Waals surface area (Å²) in [6, 6.07) is 3.65. The number of ether oxygens (including phenoxy) is 3. The number of benzene rings is 1. The number of fused-ring (bicyclic) bond motifs is 1. The summed E-state index contributed by atoms with van der Waals surface area (Å²) in [5.41, 5.74) is 1.69. The first kappa shape index (κ1) is 10.3. The van der Waals surface area contributed by atoms with Crippen LogP contribution >= 0.6 is 0 Å². The molecule has 0 fully saturated rings. The van der Waals surface area contributed by atoms with Crippen LogP contribution in [0.3, 0.4) is 0 Å². The first-order chi connectivity index (χ1) is 7.36. The average molecular weight is 210 g/mol. The van der Waals surface area contributed by atoms with Crippen molar-refractivity contribution in [1.29, 1.82) is 0 Å². The molecule has 0 amide bonds. The molecule has 82 valence electrons. The smallest absolute Gasteiger partial charge is 0.167 e. The van der Waals surface area contributed by atoms with Gasteiger partial charge in [0, 0.05) is 12.7 Å². The largest absolute Gasteiger partial charge is 0.486 e. The Bertz CT molecular complexity index is 349. The van der Waals surface area contributed by atoms with E-state index in [4.69, 9.17) is 14.2 Å². The highest BCUT2D eigenvalue weighted by Gasteiger charge is 2.18. The fourth-order valence-electron chi connectivity index (χ4n) is 1.67. The fraction of sp³-hybridized carbons (Fsp3) is 0.455. The van der Waals surface area contributed by atoms with E-state index in [1.54, 1.807) is 7.11 Å². The summed E-state index contributed by atoms with van der Waals surface area (Å²) in [4.78, 5) is 0. The lowest BCUT2D eigenvalue weighted by atomic mass is 10.1. The van der Waals surface area contributed by atoms with Gasteiger partial charge in [-0.3, -0.25) is 0 Å². The zero-order chi connectivity index (χ0) is 10.7. The first-order valence-electron chi connectivity index (χ1n) is 4.87. The van der Waals surface area contributed by atoms with Crippen LogP contribution in [0.15, 0.2) is 12.1 Å². The number of hydrogen-bond acceptors (Lipinski definition) is 4. The van der Waals surface area contributed by atoms with Gasteiger partial charge in [0.1, 0.15) is 13.2 Å². The minimum atomic E-state index is -0.0185. The molecule has 1 heterocycles. The molecule has 15 heavy (non-hydrogen) atoms. The Kier molecular flexibility index (Phi) is 3.08. The van der Waals surface area contributed by atoms with Gasteiger partial charge in [-0.15, -0.1) is 0 Å². The summed E-state index contributed by atoms with van der Waals surface area (Å²) in [7, 11) is 1.62. The first-order valence-corrected chi connectivity index (χ1v) is 4.87. The molecule has 0 aliphatic carbocycles. The lowest BCUT2D eigenvalue weighted by Gasteiger charge is -2.22. The number of methoxy groups -OCH3 is 1. The Hall–Kier alpha value is -1.26. The summed E-state index contributed by atoms with van der Waals surface area (Å²) < 4.78 is 16.1. The van der Waals surface area contributed by atoms with Crippen LogP contribution < -0.4 is 9.47 Å². The van der Waals surface area contributed by atoms with E-state index in [2.05, 4.69) is 0 Å². The zero-order valence-corrected chi connectivity index (χ0v) is 8.66. The van der Waals surface area contributed by atoms with E-state index in [1.165, 1.54) is 0 Å². The van der Waals surface area contributed by atoms with Crippen molar-refractivity contribution in [3.63, 3.8) is 0 Å². The van der Waals surface area contributed by atoms with Gasteiger partial charge in [-0.25, -0.2) is 0 Å². The summed E-state index contributed by atoms with van der Waals surface area (Å²) in [5.74, 6) is 1.43. The molecule has 1 aromatic carbocycles. The Morgan fingerprint density at radius 1 is 1.33 bits per heavy atom. The van der Waals surface area contributed by atoms with Gasteiger partial charge in [-0.05, 0) is 11.6 Å². The van der Waals surface area contributed by atoms with Gasteiger partial charge in [0.05, 0.1) is 13.2 Å². The molecular formula is C11H14O4. The van der Waals surface area contributed by atoms with Gasteiger partial charge in [-0.2, -0.15) is 0 Å². The van der Waals surface area contributed by atoms with E-state index < -0.39 is 0 Å². The monoisotopic (exact) mass is 210 g/mol. The molecule has 0 spiro atoms. The predicted molar refractivity (Wildman–Crippen MR) is 54.1 cm³/mol. The van der Waals surface area contributed by atoms with Crippen LogP contribution in [0.4, 0.5) is 0 Å². The fourth-order valence-corrected chi connectivity index (χ4v) is 1.67. The second kappa shape index (κ2) is 4.51. The van der Waals surface area contributed by atoms with E-state index in [1.807, 2.05) is 12.1 Å². The molecule has 0 radical (unpaired) electrons. The third-order valence-corrected chi connectivity index (χ3v) is 2.37. The van der Waals surface area contributed by atoms with E-state index in [9.17, 15) is 5.11 Å². The summed E-state index contributed by atoms with van der Waals surface area (Å²) in [5, 5.41) is 9.19. The minimum Gasteiger partial charge on any atom is -0.486 e. The molecule has 1 N–H and O–H groups in total. The normalized spacial score (nSPS) is 14.0. The topological polar surface area (TPSA) is 47.9 Å². The molecule has 4 nitrogen and oxygen atoms in total. The number of rotatable bonds is 3. The van der Waals surface area contributed by atoms with Crippen LogP contribution in [-0.4, -0.2) is 25.4 Å². The van der Waals surface area contributed by atoms with Crippen LogP contribution in [0.5, 0.6) is 11.5 Å². The highest BCUT2D eigenvalue weighted by atomic mass is 16.6. The van der Waals surface area contributed by atoms with Gasteiger partial charge in [0.2, 0.25) is 0 Å². The van der Waals surface area contributed by atoms with E-state index in [0.29, 0.717) is 25.6 Å². The maximum absolute atomic E-state index is 9.19. The summed E-state index contributed by atoms with van der Waals surface area (Å²) in [6.45, 7) is 1.51. The maximum atomic E-state index is 9.19. The second-order valence-electron chi connectivity index (χ2n) is 3.32. The molecule has 0 saturated heterocycles. The molecule has 0 atom stereocenters. The molecule has 4 heteroatoms. The molecule has 1 aromatic rings. The van der Waals surface area contributed by atoms with Crippen molar-refractivity contribution in [2.24, 2.45) is 0 Å². The highest BCUT2D eigenvalue weighted by molar-refractivity contribution is 5.51. The van der Waals surface area contributed by atoms with Crippen molar-refractivity contribution in [3.8, 4) is 11.5 Å². The van der Waals surface area contributed by atoms with Crippen LogP contribution in [0.2, 0.25) is 0 Å². The lowest BCUT2D eigenvalue weighted by Crippen LogP contribution is -2.17. The lowest BCUT2D eigenvalue weighted by molar-refractivity contribution is 0.150. The molecule has 0 aromatic heterocycles. The van der Waals surface area contributed by atoms with E-state index in [-0.39, 0.29) is 6.61 Å². The molecule has 1 aliphatic heterocycles. The van der Waals surface area contributed by atoms with Gasteiger partial charge in [0.15, 0.2) is 11.5 Å². The predicted octanol–water partition coefficient (Wildman–Crippen LogP) is 1.10. The third kappa shape index (κ3) is 1.91. The Morgan fingerprint density at radius 3 is 2.87 bits per heavy atom. The van der Waals surface area contributed by atoms with Crippen molar-refractivity contribution < 1.29 is 19.3 Å². The molecule has 2 rings (SSSR count). The van der Waals surface area contributed by atoms with E-state index >= 15 is 0 Å². The van der Waals surface area contributed by atoms with Gasteiger partial charge in [0.25, 0.3) is 0 Å². The third-order valence-electron chi connectivity index (χ3n) is 2.37. The van der Waals surface area contributed by atoms with Crippen LogP contribution in [0.1, 0.15) is 11.1 Å². The quantitative estimate of drug-likeness (QED) is 0.811.